The molecule has 0 aliphatic heterocycles. The molecule has 0 aromatic heterocycles. The van der Waals surface area contributed by atoms with E-state index in [0.717, 1.165) is 12.1 Å². The summed E-state index contributed by atoms with van der Waals surface area (Å²) in [7, 11) is 0. The van der Waals surface area contributed by atoms with Gasteiger partial charge in [-0.25, -0.2) is 4.79 Å². The van der Waals surface area contributed by atoms with Crippen molar-refractivity contribution in [2.24, 2.45) is 0 Å². The van der Waals surface area contributed by atoms with Gasteiger partial charge in [-0.2, -0.15) is 13.2 Å². The summed E-state index contributed by atoms with van der Waals surface area (Å²) >= 11 is 5.71. The maximum absolute atomic E-state index is 12.7. The second-order valence-electron chi connectivity index (χ2n) is 5.12. The highest BCUT2D eigenvalue weighted by Crippen LogP contribution is 2.30. The predicted molar refractivity (Wildman–Crippen MR) is 86.4 cm³/mol. The number of hydrogen-bond acceptors (Lipinski definition) is 3. The maximum atomic E-state index is 12.7. The summed E-state index contributed by atoms with van der Waals surface area (Å²) in [5.41, 5.74) is -0.742. The molecule has 25 heavy (non-hydrogen) atoms. The fourth-order valence-corrected chi connectivity index (χ4v) is 2.01. The summed E-state index contributed by atoms with van der Waals surface area (Å²) in [5.74, 6) is -1.50. The first-order valence-electron chi connectivity index (χ1n) is 7.11. The average molecular weight is 372 g/mol. The van der Waals surface area contributed by atoms with Crippen molar-refractivity contribution in [3.8, 4) is 0 Å². The maximum Gasteiger partial charge on any atom is 0.416 e. The van der Waals surface area contributed by atoms with Crippen LogP contribution in [0.4, 0.5) is 18.9 Å². The summed E-state index contributed by atoms with van der Waals surface area (Å²) in [6.07, 6.45) is -5.72. The number of alkyl halides is 3. The topological polar surface area (TPSA) is 55.4 Å². The Kier molecular flexibility index (Phi) is 5.69. The number of carbonyl (C=O) groups excluding carboxylic acids is 2. The SMILES string of the molecule is CC(OC(=O)c1ccc(Cl)cc1)C(=O)Nc1cccc(C(F)(F)F)c1. The lowest BCUT2D eigenvalue weighted by Crippen LogP contribution is -2.30. The largest absolute Gasteiger partial charge is 0.449 e. The van der Waals surface area contributed by atoms with Crippen LogP contribution in [0.2, 0.25) is 5.02 Å². The Morgan fingerprint density at radius 2 is 1.76 bits per heavy atom. The van der Waals surface area contributed by atoms with Gasteiger partial charge in [-0.3, -0.25) is 4.79 Å². The summed E-state index contributed by atoms with van der Waals surface area (Å²) in [6, 6.07) is 10.0. The molecule has 0 spiro atoms. The minimum absolute atomic E-state index is 0.0470. The van der Waals surface area contributed by atoms with Crippen molar-refractivity contribution in [3.05, 3.63) is 64.7 Å². The number of hydrogen-bond donors (Lipinski definition) is 1. The van der Waals surface area contributed by atoms with E-state index in [1.807, 2.05) is 0 Å². The highest BCUT2D eigenvalue weighted by molar-refractivity contribution is 6.30. The molecule has 0 heterocycles. The monoisotopic (exact) mass is 371 g/mol. The normalized spacial score (nSPS) is 12.4. The molecule has 0 saturated carbocycles. The standard InChI is InChI=1S/C17H13ClF3NO3/c1-10(25-16(24)11-5-7-13(18)8-6-11)15(23)22-14-4-2-3-12(9-14)17(19,20)21/h2-10H,1H3,(H,22,23). The van der Waals surface area contributed by atoms with Gasteiger partial charge in [0.1, 0.15) is 0 Å². The molecule has 0 bridgehead atoms. The van der Waals surface area contributed by atoms with E-state index in [0.29, 0.717) is 5.02 Å². The third kappa shape index (κ3) is 5.22. The third-order valence-corrected chi connectivity index (χ3v) is 3.44. The Bertz CT molecular complexity index is 775. The molecule has 4 nitrogen and oxygen atoms in total. The minimum Gasteiger partial charge on any atom is -0.449 e. The third-order valence-electron chi connectivity index (χ3n) is 3.19. The number of nitrogens with one attached hydrogen (secondary N) is 1. The predicted octanol–water partition coefficient (Wildman–Crippen LogP) is 4.54. The van der Waals surface area contributed by atoms with Gasteiger partial charge < -0.3 is 10.1 Å². The van der Waals surface area contributed by atoms with Gasteiger partial charge >= 0.3 is 12.1 Å². The van der Waals surface area contributed by atoms with Gasteiger partial charge in [0.25, 0.3) is 5.91 Å². The van der Waals surface area contributed by atoms with E-state index in [2.05, 4.69) is 5.32 Å². The van der Waals surface area contributed by atoms with Gasteiger partial charge in [-0.15, -0.1) is 0 Å². The molecule has 2 rings (SSSR count). The number of ether oxygens (including phenoxy) is 1. The van der Waals surface area contributed by atoms with Crippen LogP contribution in [0.15, 0.2) is 48.5 Å². The van der Waals surface area contributed by atoms with Gasteiger partial charge in [-0.1, -0.05) is 17.7 Å². The van der Waals surface area contributed by atoms with Crippen LogP contribution in [-0.2, 0) is 15.7 Å². The van der Waals surface area contributed by atoms with Crippen LogP contribution in [0.25, 0.3) is 0 Å². The Morgan fingerprint density at radius 1 is 1.12 bits per heavy atom. The number of halogens is 4. The van der Waals surface area contributed by atoms with Crippen molar-refractivity contribution in [1.82, 2.24) is 0 Å². The van der Waals surface area contributed by atoms with Crippen molar-refractivity contribution in [2.45, 2.75) is 19.2 Å². The van der Waals surface area contributed by atoms with Crippen LogP contribution in [0, 0.1) is 0 Å². The Morgan fingerprint density at radius 3 is 2.36 bits per heavy atom. The Labute approximate surface area is 146 Å². The second-order valence-corrected chi connectivity index (χ2v) is 5.56. The molecule has 0 fully saturated rings. The lowest BCUT2D eigenvalue weighted by molar-refractivity contribution is -0.137. The molecule has 1 N–H and O–H groups in total. The van der Waals surface area contributed by atoms with Crippen molar-refractivity contribution in [1.29, 1.82) is 0 Å². The minimum atomic E-state index is -4.52. The number of esters is 1. The first-order chi connectivity index (χ1) is 11.7. The number of benzene rings is 2. The van der Waals surface area contributed by atoms with Crippen LogP contribution < -0.4 is 5.32 Å². The molecule has 8 heteroatoms. The highest BCUT2D eigenvalue weighted by Gasteiger charge is 2.30. The number of carbonyl (C=O) groups is 2. The smallest absolute Gasteiger partial charge is 0.416 e. The van der Waals surface area contributed by atoms with Gasteiger partial charge in [0, 0.05) is 10.7 Å². The lowest BCUT2D eigenvalue weighted by Gasteiger charge is -2.14. The van der Waals surface area contributed by atoms with Crippen molar-refractivity contribution in [3.63, 3.8) is 0 Å². The first kappa shape index (κ1) is 18.8. The van der Waals surface area contributed by atoms with E-state index in [1.165, 1.54) is 43.3 Å². The molecular formula is C17H13ClF3NO3. The van der Waals surface area contributed by atoms with Crippen molar-refractivity contribution < 1.29 is 27.5 Å². The van der Waals surface area contributed by atoms with Gasteiger partial charge in [-0.05, 0) is 49.4 Å². The summed E-state index contributed by atoms with van der Waals surface area (Å²) in [6.45, 7) is 1.32. The Balaban J connectivity index is 2.01. The van der Waals surface area contributed by atoms with E-state index >= 15 is 0 Å². The zero-order chi connectivity index (χ0) is 18.6. The highest BCUT2D eigenvalue weighted by atomic mass is 35.5. The van der Waals surface area contributed by atoms with Crippen LogP contribution in [0.3, 0.4) is 0 Å². The van der Waals surface area contributed by atoms with E-state index < -0.39 is 29.7 Å². The quantitative estimate of drug-likeness (QED) is 0.803. The van der Waals surface area contributed by atoms with Crippen LogP contribution in [0.1, 0.15) is 22.8 Å². The molecule has 132 valence electrons. The van der Waals surface area contributed by atoms with Crippen molar-refractivity contribution in [2.75, 3.05) is 5.32 Å². The average Bonchev–Trinajstić information content (AvgIpc) is 2.54. The zero-order valence-corrected chi connectivity index (χ0v) is 13.7. The molecule has 2 aromatic carbocycles. The molecule has 1 unspecified atom stereocenters. The van der Waals surface area contributed by atoms with E-state index in [4.69, 9.17) is 16.3 Å². The zero-order valence-electron chi connectivity index (χ0n) is 12.9. The molecule has 0 saturated heterocycles. The van der Waals surface area contributed by atoms with Crippen LogP contribution in [-0.4, -0.2) is 18.0 Å². The Hall–Kier alpha value is -2.54. The molecular weight excluding hydrogens is 359 g/mol. The van der Waals surface area contributed by atoms with Crippen molar-refractivity contribution >= 4 is 29.2 Å². The van der Waals surface area contributed by atoms with Gasteiger partial charge in [0.15, 0.2) is 6.10 Å². The van der Waals surface area contributed by atoms with E-state index in [1.54, 1.807) is 0 Å². The van der Waals surface area contributed by atoms with Gasteiger partial charge in [0.2, 0.25) is 0 Å². The summed E-state index contributed by atoms with van der Waals surface area (Å²) < 4.78 is 43.0. The molecule has 0 aliphatic rings. The fourth-order valence-electron chi connectivity index (χ4n) is 1.89. The summed E-state index contributed by atoms with van der Waals surface area (Å²) in [5, 5.41) is 2.72. The fraction of sp³-hybridized carbons (Fsp3) is 0.176. The molecule has 1 atom stereocenters. The van der Waals surface area contributed by atoms with Gasteiger partial charge in [0.05, 0.1) is 11.1 Å². The molecule has 1 amide bonds. The molecule has 0 aliphatic carbocycles. The summed E-state index contributed by atoms with van der Waals surface area (Å²) in [4.78, 5) is 23.9. The number of amides is 1. The van der Waals surface area contributed by atoms with Crippen LogP contribution >= 0.6 is 11.6 Å². The molecule has 0 radical (unpaired) electrons. The first-order valence-corrected chi connectivity index (χ1v) is 7.49. The number of rotatable bonds is 4. The van der Waals surface area contributed by atoms with E-state index in [-0.39, 0.29) is 11.3 Å². The van der Waals surface area contributed by atoms with Crippen LogP contribution in [0.5, 0.6) is 0 Å². The molecule has 2 aromatic rings. The number of anilines is 1. The lowest BCUT2D eigenvalue weighted by atomic mass is 10.2. The second kappa shape index (κ2) is 7.57. The van der Waals surface area contributed by atoms with E-state index in [9.17, 15) is 22.8 Å².